The van der Waals surface area contributed by atoms with Gasteiger partial charge in [0.25, 0.3) is 0 Å². The minimum atomic E-state index is -0.00225. The lowest BCUT2D eigenvalue weighted by Crippen LogP contribution is -2.11. The van der Waals surface area contributed by atoms with Gasteiger partial charge in [-0.3, -0.25) is 0 Å². The van der Waals surface area contributed by atoms with Gasteiger partial charge < -0.3 is 19.5 Å². The number of anilines is 2. The lowest BCUT2D eigenvalue weighted by molar-refractivity contribution is 0.324. The third kappa shape index (κ3) is 3.34. The van der Waals surface area contributed by atoms with Crippen LogP contribution in [0, 0.1) is 0 Å². The van der Waals surface area contributed by atoms with Crippen LogP contribution in [0.1, 0.15) is 26.5 Å². The molecule has 0 saturated heterocycles. The summed E-state index contributed by atoms with van der Waals surface area (Å²) in [5, 5.41) is 8.55. The van der Waals surface area contributed by atoms with E-state index >= 15 is 0 Å². The van der Waals surface area contributed by atoms with Crippen LogP contribution in [0.15, 0.2) is 18.3 Å². The Bertz CT molecular complexity index is 839. The van der Waals surface area contributed by atoms with E-state index in [0.717, 1.165) is 21.5 Å². The van der Waals surface area contributed by atoms with Crippen LogP contribution < -0.4 is 19.5 Å². The Kier molecular flexibility index (Phi) is 4.47. The topological polar surface area (TPSA) is 69.9 Å². The molecule has 0 amide bonds. The molecule has 0 aliphatic carbocycles. The summed E-state index contributed by atoms with van der Waals surface area (Å²) in [7, 11) is 4.76. The van der Waals surface area contributed by atoms with E-state index in [0.29, 0.717) is 17.2 Å². The van der Waals surface area contributed by atoms with Gasteiger partial charge >= 0.3 is 0 Å². The van der Waals surface area contributed by atoms with Crippen molar-refractivity contribution in [2.24, 2.45) is 0 Å². The molecule has 2 aromatic heterocycles. The van der Waals surface area contributed by atoms with Crippen LogP contribution in [0.5, 0.6) is 17.2 Å². The van der Waals surface area contributed by atoms with Gasteiger partial charge in [-0.1, -0.05) is 32.1 Å². The van der Waals surface area contributed by atoms with E-state index < -0.39 is 0 Å². The number of nitrogens with one attached hydrogen (secondary N) is 1. The molecule has 0 aliphatic rings. The van der Waals surface area contributed by atoms with Crippen LogP contribution in [0.4, 0.5) is 10.8 Å². The molecule has 0 radical (unpaired) electrons. The molecule has 134 valence electrons. The zero-order valence-electron chi connectivity index (χ0n) is 15.2. The number of hydrogen-bond donors (Lipinski definition) is 1. The Morgan fingerprint density at radius 3 is 2.16 bits per heavy atom. The summed E-state index contributed by atoms with van der Waals surface area (Å²) in [5.74, 6) is 1.72. The van der Waals surface area contributed by atoms with Crippen molar-refractivity contribution in [1.82, 2.24) is 14.6 Å². The third-order valence-corrected chi connectivity index (χ3v) is 4.57. The molecule has 0 unspecified atom stereocenters. The van der Waals surface area contributed by atoms with Crippen LogP contribution in [-0.2, 0) is 5.41 Å². The third-order valence-electron chi connectivity index (χ3n) is 3.73. The maximum atomic E-state index is 5.37. The number of benzene rings is 1. The van der Waals surface area contributed by atoms with Crippen LogP contribution in [0.2, 0.25) is 0 Å². The Morgan fingerprint density at radius 1 is 1.04 bits per heavy atom. The van der Waals surface area contributed by atoms with Crippen molar-refractivity contribution in [2.45, 2.75) is 26.2 Å². The summed E-state index contributed by atoms with van der Waals surface area (Å²) >= 11 is 1.48. The van der Waals surface area contributed by atoms with Crippen molar-refractivity contribution in [1.29, 1.82) is 0 Å². The molecule has 0 fully saturated rings. The van der Waals surface area contributed by atoms with Crippen molar-refractivity contribution in [2.75, 3.05) is 26.6 Å². The van der Waals surface area contributed by atoms with E-state index in [2.05, 4.69) is 36.2 Å². The van der Waals surface area contributed by atoms with Crippen LogP contribution in [0.25, 0.3) is 4.96 Å². The SMILES string of the molecule is COc1cc(Nc2nn3cc(C(C)(C)C)nc3s2)cc(OC)c1OC. The van der Waals surface area contributed by atoms with E-state index in [1.807, 2.05) is 18.3 Å². The summed E-state index contributed by atoms with van der Waals surface area (Å²) in [6.07, 6.45) is 1.96. The van der Waals surface area contributed by atoms with Gasteiger partial charge in [-0.05, 0) is 0 Å². The van der Waals surface area contributed by atoms with Gasteiger partial charge in [0.2, 0.25) is 15.8 Å². The number of aromatic nitrogens is 3. The minimum absolute atomic E-state index is 0.00225. The smallest absolute Gasteiger partial charge is 0.214 e. The lowest BCUT2D eigenvalue weighted by Gasteiger charge is -2.14. The molecule has 1 N–H and O–H groups in total. The number of ether oxygens (including phenoxy) is 3. The number of imidazole rings is 1. The Labute approximate surface area is 150 Å². The molecular weight excluding hydrogens is 340 g/mol. The monoisotopic (exact) mass is 362 g/mol. The first-order chi connectivity index (χ1) is 11.9. The fourth-order valence-corrected chi connectivity index (χ4v) is 3.19. The molecular formula is C17H22N4O3S. The molecule has 25 heavy (non-hydrogen) atoms. The first-order valence-corrected chi connectivity index (χ1v) is 8.61. The number of hydrogen-bond acceptors (Lipinski definition) is 7. The molecule has 0 spiro atoms. The van der Waals surface area contributed by atoms with E-state index in [-0.39, 0.29) is 5.41 Å². The highest BCUT2D eigenvalue weighted by molar-refractivity contribution is 7.20. The van der Waals surface area contributed by atoms with Gasteiger partial charge in [0.1, 0.15) is 0 Å². The van der Waals surface area contributed by atoms with Gasteiger partial charge in [0.15, 0.2) is 11.5 Å². The van der Waals surface area contributed by atoms with Crippen LogP contribution >= 0.6 is 11.3 Å². The summed E-state index contributed by atoms with van der Waals surface area (Å²) in [6, 6.07) is 3.68. The summed E-state index contributed by atoms with van der Waals surface area (Å²) in [6.45, 7) is 6.40. The molecule has 3 rings (SSSR count). The molecule has 0 aliphatic heterocycles. The van der Waals surface area contributed by atoms with Gasteiger partial charge in [0, 0.05) is 23.2 Å². The molecule has 0 atom stereocenters. The highest BCUT2D eigenvalue weighted by Gasteiger charge is 2.20. The molecule has 7 nitrogen and oxygen atoms in total. The zero-order chi connectivity index (χ0) is 18.2. The second-order valence-corrected chi connectivity index (χ2v) is 7.51. The number of methoxy groups -OCH3 is 3. The number of nitrogens with zero attached hydrogens (tertiary/aromatic N) is 3. The van der Waals surface area contributed by atoms with E-state index in [1.54, 1.807) is 25.8 Å². The zero-order valence-corrected chi connectivity index (χ0v) is 16.0. The number of rotatable bonds is 5. The normalized spacial score (nSPS) is 11.6. The standard InChI is InChI=1S/C17H22N4O3S/c1-17(2,3)13-9-21-16(19-13)25-15(20-21)18-10-7-11(22-4)14(24-6)12(8-10)23-5/h7-9H,1-6H3,(H,18,20). The first kappa shape index (κ1) is 17.3. The van der Waals surface area contributed by atoms with Crippen molar-refractivity contribution >= 4 is 27.1 Å². The predicted molar refractivity (Wildman–Crippen MR) is 98.9 cm³/mol. The highest BCUT2D eigenvalue weighted by atomic mass is 32.1. The van der Waals surface area contributed by atoms with E-state index in [9.17, 15) is 0 Å². The first-order valence-electron chi connectivity index (χ1n) is 7.79. The average molecular weight is 362 g/mol. The molecule has 2 heterocycles. The fraction of sp³-hybridized carbons (Fsp3) is 0.412. The molecule has 0 bridgehead atoms. The molecule has 1 aromatic carbocycles. The fourth-order valence-electron chi connectivity index (χ4n) is 2.39. The van der Waals surface area contributed by atoms with Gasteiger partial charge in [-0.15, -0.1) is 5.10 Å². The van der Waals surface area contributed by atoms with Crippen molar-refractivity contribution < 1.29 is 14.2 Å². The summed E-state index contributed by atoms with van der Waals surface area (Å²) in [5.41, 5.74) is 1.81. The van der Waals surface area contributed by atoms with Crippen LogP contribution in [-0.4, -0.2) is 35.9 Å². The van der Waals surface area contributed by atoms with Crippen LogP contribution in [0.3, 0.4) is 0 Å². The minimum Gasteiger partial charge on any atom is -0.493 e. The van der Waals surface area contributed by atoms with Gasteiger partial charge in [-0.2, -0.15) is 0 Å². The van der Waals surface area contributed by atoms with E-state index in [4.69, 9.17) is 14.2 Å². The van der Waals surface area contributed by atoms with Gasteiger partial charge in [-0.25, -0.2) is 9.50 Å². The van der Waals surface area contributed by atoms with Crippen molar-refractivity contribution in [3.63, 3.8) is 0 Å². The lowest BCUT2D eigenvalue weighted by atomic mass is 9.93. The second-order valence-electron chi connectivity index (χ2n) is 6.55. The maximum Gasteiger partial charge on any atom is 0.214 e. The quantitative estimate of drug-likeness (QED) is 0.743. The second kappa shape index (κ2) is 6.44. The van der Waals surface area contributed by atoms with Gasteiger partial charge in [0.05, 0.1) is 33.2 Å². The largest absolute Gasteiger partial charge is 0.493 e. The molecule has 8 heteroatoms. The molecule has 3 aromatic rings. The number of fused-ring (bicyclic) bond motifs is 1. The summed E-state index contributed by atoms with van der Waals surface area (Å²) in [4.78, 5) is 5.50. The Hall–Kier alpha value is -2.48. The predicted octanol–water partition coefficient (Wildman–Crippen LogP) is 3.86. The maximum absolute atomic E-state index is 5.37. The van der Waals surface area contributed by atoms with E-state index in [1.165, 1.54) is 11.3 Å². The Balaban J connectivity index is 1.91. The van der Waals surface area contributed by atoms with Crippen molar-refractivity contribution in [3.8, 4) is 17.2 Å². The average Bonchev–Trinajstić information content (AvgIpc) is 3.11. The van der Waals surface area contributed by atoms with Crippen molar-refractivity contribution in [3.05, 3.63) is 24.0 Å². The highest BCUT2D eigenvalue weighted by Crippen LogP contribution is 2.41. The molecule has 0 saturated carbocycles. The summed E-state index contributed by atoms with van der Waals surface area (Å²) < 4.78 is 17.9. The Morgan fingerprint density at radius 2 is 1.68 bits per heavy atom.